The molecule has 5 nitrogen and oxygen atoms in total. The van der Waals surface area contributed by atoms with Crippen LogP contribution in [0.5, 0.6) is 0 Å². The second-order valence-corrected chi connectivity index (χ2v) is 12.6. The molecule has 0 aliphatic heterocycles. The van der Waals surface area contributed by atoms with E-state index in [1.165, 1.54) is 128 Å². The van der Waals surface area contributed by atoms with E-state index in [0.29, 0.717) is 12.8 Å². The Hall–Kier alpha value is -0.490. The van der Waals surface area contributed by atoms with Gasteiger partial charge in [0.25, 0.3) is 0 Å². The highest BCUT2D eigenvalue weighted by Crippen LogP contribution is 2.20. The summed E-state index contributed by atoms with van der Waals surface area (Å²) in [5, 5.41) is 31.0. The Labute approximate surface area is 249 Å². The number of aliphatic hydroxyl groups excluding tert-OH is 3. The number of aliphatic hydroxyl groups is 3. The van der Waals surface area contributed by atoms with E-state index in [1.54, 1.807) is 0 Å². The van der Waals surface area contributed by atoms with Crippen LogP contribution in [0.15, 0.2) is 0 Å². The van der Waals surface area contributed by atoms with Gasteiger partial charge in [-0.15, -0.1) is 0 Å². The van der Waals surface area contributed by atoms with Crippen LogP contribution in [-0.4, -0.2) is 39.5 Å². The Morgan fingerprint density at radius 2 is 0.750 bits per heavy atom. The zero-order valence-electron chi connectivity index (χ0n) is 26.9. The van der Waals surface area contributed by atoms with Crippen LogP contribution in [0.3, 0.4) is 0 Å². The van der Waals surface area contributed by atoms with Gasteiger partial charge in [-0.2, -0.15) is 0 Å². The second-order valence-electron chi connectivity index (χ2n) is 12.6. The number of ketones is 1. The highest BCUT2D eigenvalue weighted by Gasteiger charge is 2.34. The summed E-state index contributed by atoms with van der Waals surface area (Å²) in [4.78, 5) is 12.8. The summed E-state index contributed by atoms with van der Waals surface area (Å²) < 4.78 is 0. The lowest BCUT2D eigenvalue weighted by Crippen LogP contribution is -2.47. The Morgan fingerprint density at radius 1 is 0.475 bits per heavy atom. The fraction of sp³-hybridized carbons (Fsp3) is 0.971. The van der Waals surface area contributed by atoms with Gasteiger partial charge >= 0.3 is 0 Å². The molecule has 0 spiro atoms. The molecule has 0 heterocycles. The summed E-state index contributed by atoms with van der Waals surface area (Å²) in [5.41, 5.74) is 5.66. The van der Waals surface area contributed by atoms with Crippen LogP contribution < -0.4 is 5.73 Å². The lowest BCUT2D eigenvalue weighted by molar-refractivity contribution is -0.140. The minimum absolute atomic E-state index is 0.380. The molecule has 240 valence electrons. The van der Waals surface area contributed by atoms with Crippen molar-refractivity contribution in [2.75, 3.05) is 0 Å². The van der Waals surface area contributed by atoms with E-state index < -0.39 is 30.1 Å². The first-order valence-corrected chi connectivity index (χ1v) is 17.8. The Bertz CT molecular complexity index is 528. The summed E-state index contributed by atoms with van der Waals surface area (Å²) in [6.45, 7) is 4.51. The molecule has 0 saturated heterocycles. The molecule has 0 aromatic heterocycles. The third-order valence-electron chi connectivity index (χ3n) is 8.62. The number of Topliss-reactive ketones (excluding diaryl/α,β-unsaturated/α-hetero) is 1. The maximum absolute atomic E-state index is 12.8. The Morgan fingerprint density at radius 3 is 1.05 bits per heavy atom. The van der Waals surface area contributed by atoms with Crippen molar-refractivity contribution < 1.29 is 20.1 Å². The monoisotopic (exact) mass is 570 g/mol. The number of hydrogen-bond donors (Lipinski definition) is 4. The van der Waals surface area contributed by atoms with Gasteiger partial charge in [0.15, 0.2) is 5.78 Å². The predicted molar refractivity (Wildman–Crippen MR) is 171 cm³/mol. The summed E-state index contributed by atoms with van der Waals surface area (Å²) in [5.74, 6) is -1.61. The molecule has 0 fully saturated rings. The molecule has 0 aliphatic rings. The van der Waals surface area contributed by atoms with Crippen molar-refractivity contribution in [1.82, 2.24) is 0 Å². The molecular weight excluding hydrogens is 498 g/mol. The summed E-state index contributed by atoms with van der Waals surface area (Å²) in [6, 6.07) is 0. The number of carbonyl (C=O) groups is 1. The van der Waals surface area contributed by atoms with Crippen LogP contribution in [0.4, 0.5) is 0 Å². The van der Waals surface area contributed by atoms with E-state index in [4.69, 9.17) is 5.73 Å². The average molecular weight is 570 g/mol. The Balaban J connectivity index is 3.83. The van der Waals surface area contributed by atoms with Gasteiger partial charge in [0.05, 0.1) is 12.0 Å². The van der Waals surface area contributed by atoms with Gasteiger partial charge in [0, 0.05) is 0 Å². The lowest BCUT2D eigenvalue weighted by Gasteiger charge is -2.26. The molecule has 0 rings (SSSR count). The predicted octanol–water partition coefficient (Wildman–Crippen LogP) is 9.13. The van der Waals surface area contributed by atoms with Crippen LogP contribution in [-0.2, 0) is 4.79 Å². The van der Waals surface area contributed by atoms with Crippen LogP contribution in [0.25, 0.3) is 0 Å². The first-order chi connectivity index (χ1) is 19.5. The molecule has 40 heavy (non-hydrogen) atoms. The normalized spacial score (nSPS) is 14.8. The maximum atomic E-state index is 12.8. The highest BCUT2D eigenvalue weighted by molar-refractivity contribution is 5.86. The molecule has 0 radical (unpaired) electrons. The van der Waals surface area contributed by atoms with Crippen molar-refractivity contribution >= 4 is 5.78 Å². The van der Waals surface area contributed by atoms with Crippen LogP contribution >= 0.6 is 0 Å². The number of unbranched alkanes of at least 4 members (excludes halogenated alkanes) is 24. The van der Waals surface area contributed by atoms with Gasteiger partial charge in [0.1, 0.15) is 12.3 Å². The summed E-state index contributed by atoms with van der Waals surface area (Å²) in [6.07, 6.45) is 29.7. The van der Waals surface area contributed by atoms with Crippen LogP contribution in [0.2, 0.25) is 0 Å². The van der Waals surface area contributed by atoms with Gasteiger partial charge in [-0.05, 0) is 12.8 Å². The van der Waals surface area contributed by atoms with Crippen molar-refractivity contribution in [2.24, 2.45) is 11.7 Å². The number of hydrogen-bond acceptors (Lipinski definition) is 5. The SMILES string of the molecule is CCCCCCCCCCCCCCCC(O)C(=O)C(C(N)O)C(O)CCCCCCCCCCCCCCC. The third-order valence-corrected chi connectivity index (χ3v) is 8.62. The number of carbonyl (C=O) groups excluding carboxylic acids is 1. The van der Waals surface area contributed by atoms with Crippen molar-refractivity contribution in [3.8, 4) is 0 Å². The molecule has 0 bridgehead atoms. The van der Waals surface area contributed by atoms with Gasteiger partial charge in [0.2, 0.25) is 0 Å². The second kappa shape index (κ2) is 30.0. The molecule has 4 atom stereocenters. The smallest absolute Gasteiger partial charge is 0.170 e. The van der Waals surface area contributed by atoms with Gasteiger partial charge in [-0.1, -0.05) is 181 Å². The van der Waals surface area contributed by atoms with E-state index in [-0.39, 0.29) is 0 Å². The third kappa shape index (κ3) is 24.1. The van der Waals surface area contributed by atoms with Crippen LogP contribution in [0, 0.1) is 5.92 Å². The fourth-order valence-corrected chi connectivity index (χ4v) is 5.86. The van der Waals surface area contributed by atoms with E-state index in [2.05, 4.69) is 13.8 Å². The van der Waals surface area contributed by atoms with Crippen molar-refractivity contribution in [3.05, 3.63) is 0 Å². The first kappa shape index (κ1) is 39.5. The molecule has 4 unspecified atom stereocenters. The first-order valence-electron chi connectivity index (χ1n) is 17.8. The molecule has 0 aromatic carbocycles. The van der Waals surface area contributed by atoms with E-state index in [0.717, 1.165) is 38.5 Å². The molecule has 0 amide bonds. The van der Waals surface area contributed by atoms with Gasteiger partial charge in [-0.3, -0.25) is 4.79 Å². The van der Waals surface area contributed by atoms with E-state index in [1.807, 2.05) is 0 Å². The molecule has 5 N–H and O–H groups in total. The van der Waals surface area contributed by atoms with Crippen molar-refractivity contribution in [1.29, 1.82) is 0 Å². The average Bonchev–Trinajstić information content (AvgIpc) is 2.93. The topological polar surface area (TPSA) is 104 Å². The standard InChI is InChI=1S/C35H71NO4/c1-3-5-7-9-11-13-15-17-19-21-23-25-27-29-31(37)33(35(36)40)34(39)32(38)30-28-26-24-22-20-18-16-14-12-10-8-6-4-2/h31-33,35,37-38,40H,3-30,36H2,1-2H3. The van der Waals surface area contributed by atoms with Crippen molar-refractivity contribution in [3.63, 3.8) is 0 Å². The minimum atomic E-state index is -1.44. The zero-order chi connectivity index (χ0) is 29.7. The number of nitrogens with two attached hydrogens (primary N) is 1. The van der Waals surface area contributed by atoms with Crippen molar-refractivity contribution in [2.45, 2.75) is 212 Å². The van der Waals surface area contributed by atoms with Crippen LogP contribution in [0.1, 0.15) is 194 Å². The molecule has 0 aromatic rings. The van der Waals surface area contributed by atoms with E-state index >= 15 is 0 Å². The maximum Gasteiger partial charge on any atom is 0.170 e. The summed E-state index contributed by atoms with van der Waals surface area (Å²) in [7, 11) is 0. The van der Waals surface area contributed by atoms with E-state index in [9.17, 15) is 20.1 Å². The highest BCUT2D eigenvalue weighted by atomic mass is 16.3. The number of rotatable bonds is 32. The quantitative estimate of drug-likeness (QED) is 0.0477. The molecular formula is C35H71NO4. The summed E-state index contributed by atoms with van der Waals surface area (Å²) >= 11 is 0. The molecule has 0 saturated carbocycles. The minimum Gasteiger partial charge on any atom is -0.392 e. The fourth-order valence-electron chi connectivity index (χ4n) is 5.86. The van der Waals surface area contributed by atoms with Gasteiger partial charge < -0.3 is 21.1 Å². The largest absolute Gasteiger partial charge is 0.392 e. The zero-order valence-corrected chi connectivity index (χ0v) is 26.9. The Kier molecular flexibility index (Phi) is 29.6. The molecule has 5 heteroatoms. The lowest BCUT2D eigenvalue weighted by atomic mass is 9.87. The van der Waals surface area contributed by atoms with Gasteiger partial charge in [-0.25, -0.2) is 0 Å². The molecule has 0 aliphatic carbocycles.